The normalized spacial score (nSPS) is 11.1. The van der Waals surface area contributed by atoms with Gasteiger partial charge in [0.15, 0.2) is 0 Å². The van der Waals surface area contributed by atoms with Gasteiger partial charge in [-0.15, -0.1) is 0 Å². The summed E-state index contributed by atoms with van der Waals surface area (Å²) in [6, 6.07) is 5.36. The molecule has 0 aliphatic carbocycles. The molecule has 0 aromatic heterocycles. The van der Waals surface area contributed by atoms with Crippen LogP contribution >= 0.6 is 11.6 Å². The van der Waals surface area contributed by atoms with Crippen molar-refractivity contribution in [3.8, 4) is 5.75 Å². The van der Waals surface area contributed by atoms with E-state index in [1.54, 1.807) is 6.07 Å². The third kappa shape index (κ3) is 4.54. The molecule has 0 atom stereocenters. The maximum Gasteiger partial charge on any atom is 0.138 e. The van der Waals surface area contributed by atoms with Crippen LogP contribution in [0.2, 0.25) is 5.02 Å². The highest BCUT2D eigenvalue weighted by molar-refractivity contribution is 6.32. The zero-order valence-corrected chi connectivity index (χ0v) is 11.0. The Hall–Kier alpha value is -0.770. The molecule has 2 N–H and O–H groups in total. The number of phenols is 1. The van der Waals surface area contributed by atoms with E-state index < -0.39 is 0 Å². The minimum atomic E-state index is 0.130. The van der Waals surface area contributed by atoms with E-state index in [2.05, 4.69) is 11.8 Å². The van der Waals surface area contributed by atoms with Crippen molar-refractivity contribution in [1.29, 1.82) is 0 Å². The summed E-state index contributed by atoms with van der Waals surface area (Å²) >= 11 is 5.86. The minimum Gasteiger partial charge on any atom is -0.506 e. The summed E-state index contributed by atoms with van der Waals surface area (Å²) in [4.78, 5) is 2.12. The summed E-state index contributed by atoms with van der Waals surface area (Å²) in [6.45, 7) is 4.42. The summed E-state index contributed by atoms with van der Waals surface area (Å²) < 4.78 is 0. The first-order valence-corrected chi connectivity index (χ1v) is 6.36. The molecule has 1 aromatic rings. The number of hydrogen-bond donors (Lipinski definition) is 2. The molecule has 0 spiro atoms. The Balaban J connectivity index is 2.67. The van der Waals surface area contributed by atoms with Crippen LogP contribution in [0.1, 0.15) is 25.3 Å². The molecule has 1 rings (SSSR count). The van der Waals surface area contributed by atoms with E-state index >= 15 is 0 Å². The maximum atomic E-state index is 9.82. The standard InChI is InChI=1S/C13H20ClNO2/c1-2-3-7-15(8-9-16)10-11-5-4-6-12(14)13(11)17/h4-6,16-17H,2-3,7-10H2,1H3. The van der Waals surface area contributed by atoms with Gasteiger partial charge >= 0.3 is 0 Å². The van der Waals surface area contributed by atoms with Crippen LogP contribution in [0.4, 0.5) is 0 Å². The van der Waals surface area contributed by atoms with E-state index in [9.17, 15) is 5.11 Å². The zero-order valence-electron chi connectivity index (χ0n) is 10.2. The molecule has 0 heterocycles. The number of aliphatic hydroxyl groups excluding tert-OH is 1. The number of nitrogens with zero attached hydrogens (tertiary/aromatic N) is 1. The number of para-hydroxylation sites is 1. The van der Waals surface area contributed by atoms with Gasteiger partial charge in [0.2, 0.25) is 0 Å². The van der Waals surface area contributed by atoms with Crippen molar-refractivity contribution in [3.05, 3.63) is 28.8 Å². The molecule has 0 aliphatic rings. The summed E-state index contributed by atoms with van der Waals surface area (Å²) in [5.41, 5.74) is 0.807. The molecule has 17 heavy (non-hydrogen) atoms. The summed E-state index contributed by atoms with van der Waals surface area (Å²) in [5.74, 6) is 0.147. The molecule has 0 saturated carbocycles. The lowest BCUT2D eigenvalue weighted by atomic mass is 10.2. The van der Waals surface area contributed by atoms with E-state index in [1.165, 1.54) is 0 Å². The van der Waals surface area contributed by atoms with Crippen molar-refractivity contribution in [2.24, 2.45) is 0 Å². The highest BCUT2D eigenvalue weighted by Crippen LogP contribution is 2.27. The van der Waals surface area contributed by atoms with Gasteiger partial charge in [-0.2, -0.15) is 0 Å². The quantitative estimate of drug-likeness (QED) is 0.789. The molecule has 0 radical (unpaired) electrons. The van der Waals surface area contributed by atoms with Gasteiger partial charge in [-0.25, -0.2) is 0 Å². The van der Waals surface area contributed by atoms with E-state index in [-0.39, 0.29) is 12.4 Å². The molecule has 0 unspecified atom stereocenters. The fraction of sp³-hybridized carbons (Fsp3) is 0.538. The molecule has 0 saturated heterocycles. The lowest BCUT2D eigenvalue weighted by Gasteiger charge is -2.21. The van der Waals surface area contributed by atoms with Crippen LogP contribution in [0.25, 0.3) is 0 Å². The van der Waals surface area contributed by atoms with Gasteiger partial charge in [0.25, 0.3) is 0 Å². The van der Waals surface area contributed by atoms with Gasteiger partial charge < -0.3 is 10.2 Å². The van der Waals surface area contributed by atoms with E-state index in [1.807, 2.05) is 12.1 Å². The molecule has 3 nitrogen and oxygen atoms in total. The Morgan fingerprint density at radius 3 is 2.71 bits per heavy atom. The summed E-state index contributed by atoms with van der Waals surface area (Å²) in [7, 11) is 0. The molecule has 1 aromatic carbocycles. The van der Waals surface area contributed by atoms with Crippen molar-refractivity contribution in [1.82, 2.24) is 4.90 Å². The monoisotopic (exact) mass is 257 g/mol. The summed E-state index contributed by atoms with van der Waals surface area (Å²) in [5, 5.41) is 19.2. The largest absolute Gasteiger partial charge is 0.506 e. The smallest absolute Gasteiger partial charge is 0.138 e. The Bertz CT molecular complexity index is 344. The van der Waals surface area contributed by atoms with Gasteiger partial charge in [0, 0.05) is 18.7 Å². The number of hydrogen-bond acceptors (Lipinski definition) is 3. The highest BCUT2D eigenvalue weighted by atomic mass is 35.5. The van der Waals surface area contributed by atoms with Crippen molar-refractivity contribution < 1.29 is 10.2 Å². The van der Waals surface area contributed by atoms with E-state index in [0.29, 0.717) is 18.1 Å². The summed E-state index contributed by atoms with van der Waals surface area (Å²) in [6.07, 6.45) is 2.20. The first kappa shape index (κ1) is 14.3. The second-order valence-electron chi connectivity index (χ2n) is 4.10. The average Bonchev–Trinajstić information content (AvgIpc) is 2.32. The Morgan fingerprint density at radius 1 is 1.29 bits per heavy atom. The van der Waals surface area contributed by atoms with Crippen LogP contribution in [0.5, 0.6) is 5.75 Å². The second kappa shape index (κ2) is 7.54. The average molecular weight is 258 g/mol. The SMILES string of the molecule is CCCCN(CCO)Cc1cccc(Cl)c1O. The lowest BCUT2D eigenvalue weighted by molar-refractivity contribution is 0.187. The third-order valence-corrected chi connectivity index (χ3v) is 3.01. The second-order valence-corrected chi connectivity index (χ2v) is 4.51. The van der Waals surface area contributed by atoms with Gasteiger partial charge in [-0.1, -0.05) is 37.1 Å². The van der Waals surface area contributed by atoms with Crippen LogP contribution in [0.15, 0.2) is 18.2 Å². The van der Waals surface area contributed by atoms with Gasteiger partial charge in [0.1, 0.15) is 5.75 Å². The first-order chi connectivity index (χ1) is 8.19. The number of benzene rings is 1. The molecule has 0 bridgehead atoms. The van der Waals surface area contributed by atoms with E-state index in [4.69, 9.17) is 16.7 Å². The first-order valence-electron chi connectivity index (χ1n) is 5.98. The Labute approximate surface area is 108 Å². The predicted octanol–water partition coefficient (Wildman–Crippen LogP) is 2.64. The fourth-order valence-electron chi connectivity index (χ4n) is 1.72. The minimum absolute atomic E-state index is 0.130. The van der Waals surface area contributed by atoms with Gasteiger partial charge in [-0.3, -0.25) is 4.90 Å². The van der Waals surface area contributed by atoms with Gasteiger partial charge in [0.05, 0.1) is 11.6 Å². The highest BCUT2D eigenvalue weighted by Gasteiger charge is 2.10. The van der Waals surface area contributed by atoms with Crippen molar-refractivity contribution >= 4 is 11.6 Å². The third-order valence-electron chi connectivity index (χ3n) is 2.71. The Kier molecular flexibility index (Phi) is 6.34. The molecule has 0 aliphatic heterocycles. The number of phenolic OH excluding ortho intramolecular Hbond substituents is 1. The number of unbranched alkanes of at least 4 members (excludes halogenated alkanes) is 1. The molecule has 96 valence electrons. The number of aromatic hydroxyl groups is 1. The molecular weight excluding hydrogens is 238 g/mol. The lowest BCUT2D eigenvalue weighted by Crippen LogP contribution is -2.27. The van der Waals surface area contributed by atoms with Gasteiger partial charge in [-0.05, 0) is 19.0 Å². The number of aliphatic hydroxyl groups is 1. The topological polar surface area (TPSA) is 43.7 Å². The van der Waals surface area contributed by atoms with Crippen molar-refractivity contribution in [3.63, 3.8) is 0 Å². The number of rotatable bonds is 7. The van der Waals surface area contributed by atoms with Crippen LogP contribution in [-0.2, 0) is 6.54 Å². The Morgan fingerprint density at radius 2 is 2.06 bits per heavy atom. The number of halogens is 1. The fourth-order valence-corrected chi connectivity index (χ4v) is 1.92. The van der Waals surface area contributed by atoms with Crippen LogP contribution in [0, 0.1) is 0 Å². The van der Waals surface area contributed by atoms with Crippen LogP contribution in [-0.4, -0.2) is 34.8 Å². The van der Waals surface area contributed by atoms with Crippen LogP contribution in [0.3, 0.4) is 0 Å². The van der Waals surface area contributed by atoms with Crippen molar-refractivity contribution in [2.75, 3.05) is 19.7 Å². The molecular formula is C13H20ClNO2. The van der Waals surface area contributed by atoms with Crippen LogP contribution < -0.4 is 0 Å². The zero-order chi connectivity index (χ0) is 12.7. The van der Waals surface area contributed by atoms with Crippen molar-refractivity contribution in [2.45, 2.75) is 26.3 Å². The maximum absolute atomic E-state index is 9.82. The molecule has 0 amide bonds. The predicted molar refractivity (Wildman–Crippen MR) is 70.4 cm³/mol. The van der Waals surface area contributed by atoms with E-state index in [0.717, 1.165) is 24.9 Å². The molecule has 4 heteroatoms. The molecule has 0 fully saturated rings.